The summed E-state index contributed by atoms with van der Waals surface area (Å²) in [5, 5.41) is 2.51. The smallest absolute Gasteiger partial charge is 0.161 e. The Morgan fingerprint density at radius 1 is 0.537 bits per heavy atom. The van der Waals surface area contributed by atoms with E-state index in [1.807, 2.05) is 61.5 Å². The fourth-order valence-electron chi connectivity index (χ4n) is 6.18. The van der Waals surface area contributed by atoms with Gasteiger partial charge in [-0.2, -0.15) is 0 Å². The zero-order valence-corrected chi connectivity index (χ0v) is 23.5. The van der Waals surface area contributed by atoms with Gasteiger partial charge >= 0.3 is 0 Å². The maximum atomic E-state index is 5.06. The van der Waals surface area contributed by atoms with Gasteiger partial charge in [-0.05, 0) is 47.4 Å². The summed E-state index contributed by atoms with van der Waals surface area (Å²) in [6.45, 7) is 6.72. The van der Waals surface area contributed by atoms with Crippen molar-refractivity contribution in [2.45, 2.75) is 26.2 Å². The van der Waals surface area contributed by atoms with E-state index in [0.29, 0.717) is 0 Å². The minimum atomic E-state index is -0.0324. The number of fused-ring (bicyclic) bond motifs is 6. The second kappa shape index (κ2) is 9.87. The molecule has 2 heterocycles. The van der Waals surface area contributed by atoms with E-state index in [0.717, 1.165) is 28.4 Å². The standard InChI is InChI=1S/C32H25N3.C6H6/c1-20-17-30(34-31(33-20)21-11-5-4-6-12-21)35-28-16-10-8-14-23(28)25-18-27-24(19-29(25)35)22-13-7-9-15-26(22)32(27,2)3;1-2-4-6-5-3-1/h4-19H,1-3H3;1-6H. The summed E-state index contributed by atoms with van der Waals surface area (Å²) in [5.74, 6) is 1.65. The van der Waals surface area contributed by atoms with E-state index in [1.165, 1.54) is 38.5 Å². The monoisotopic (exact) mass is 529 g/mol. The van der Waals surface area contributed by atoms with E-state index in [4.69, 9.17) is 9.97 Å². The second-order valence-electron chi connectivity index (χ2n) is 11.1. The molecule has 198 valence electrons. The highest BCUT2D eigenvalue weighted by molar-refractivity contribution is 6.11. The van der Waals surface area contributed by atoms with Crippen LogP contribution in [0.1, 0.15) is 30.7 Å². The molecule has 0 unspecified atom stereocenters. The van der Waals surface area contributed by atoms with Gasteiger partial charge in [-0.25, -0.2) is 9.97 Å². The van der Waals surface area contributed by atoms with Crippen LogP contribution in [0.4, 0.5) is 0 Å². The highest BCUT2D eigenvalue weighted by atomic mass is 15.1. The van der Waals surface area contributed by atoms with Gasteiger partial charge in [0.2, 0.25) is 0 Å². The van der Waals surface area contributed by atoms with E-state index in [-0.39, 0.29) is 5.41 Å². The molecule has 41 heavy (non-hydrogen) atoms. The molecular weight excluding hydrogens is 498 g/mol. The minimum Gasteiger partial charge on any atom is -0.294 e. The lowest BCUT2D eigenvalue weighted by Crippen LogP contribution is -2.14. The van der Waals surface area contributed by atoms with Gasteiger partial charge in [0.25, 0.3) is 0 Å². The van der Waals surface area contributed by atoms with Gasteiger partial charge in [0.05, 0.1) is 11.0 Å². The highest BCUT2D eigenvalue weighted by Gasteiger charge is 2.36. The summed E-state index contributed by atoms with van der Waals surface area (Å²) < 4.78 is 2.31. The number of hydrogen-bond donors (Lipinski definition) is 0. The zero-order chi connectivity index (χ0) is 28.0. The molecule has 0 spiro atoms. The van der Waals surface area contributed by atoms with Crippen LogP contribution in [0.25, 0.3) is 50.1 Å². The summed E-state index contributed by atoms with van der Waals surface area (Å²) in [6, 6.07) is 46.6. The highest BCUT2D eigenvalue weighted by Crippen LogP contribution is 2.50. The van der Waals surface area contributed by atoms with Crippen LogP contribution in [0.5, 0.6) is 0 Å². The summed E-state index contributed by atoms with van der Waals surface area (Å²) in [6.07, 6.45) is 0. The number of nitrogens with zero attached hydrogens (tertiary/aromatic N) is 3. The molecule has 0 saturated heterocycles. The predicted molar refractivity (Wildman–Crippen MR) is 171 cm³/mol. The average Bonchev–Trinajstić information content (AvgIpc) is 3.46. The first-order chi connectivity index (χ1) is 20.0. The molecule has 0 bridgehead atoms. The number of hydrogen-bond acceptors (Lipinski definition) is 2. The molecule has 1 aliphatic carbocycles. The van der Waals surface area contributed by atoms with E-state index < -0.39 is 0 Å². The summed E-state index contributed by atoms with van der Waals surface area (Å²) >= 11 is 0. The first kappa shape index (κ1) is 25.0. The number of rotatable bonds is 2. The van der Waals surface area contributed by atoms with Crippen LogP contribution in [-0.2, 0) is 5.41 Å². The van der Waals surface area contributed by atoms with E-state index in [9.17, 15) is 0 Å². The normalized spacial score (nSPS) is 13.0. The third-order valence-electron chi connectivity index (χ3n) is 8.14. The Labute approximate surface area is 240 Å². The third-order valence-corrected chi connectivity index (χ3v) is 8.14. The SMILES string of the molecule is Cc1cc(-n2c3ccccc3c3cc4c(cc32)-c2ccccc2C4(C)C)nc(-c2ccccc2)n1.c1ccccc1. The van der Waals surface area contributed by atoms with E-state index in [2.05, 4.69) is 97.3 Å². The Morgan fingerprint density at radius 3 is 1.93 bits per heavy atom. The number of aryl methyl sites for hydroxylation is 1. The van der Waals surface area contributed by atoms with Crippen molar-refractivity contribution in [1.29, 1.82) is 0 Å². The Balaban J connectivity index is 0.000000412. The molecule has 0 amide bonds. The zero-order valence-electron chi connectivity index (χ0n) is 23.5. The summed E-state index contributed by atoms with van der Waals surface area (Å²) in [5.41, 5.74) is 9.70. The quantitative estimate of drug-likeness (QED) is 0.223. The fourth-order valence-corrected chi connectivity index (χ4v) is 6.18. The van der Waals surface area contributed by atoms with Crippen LogP contribution >= 0.6 is 0 Å². The van der Waals surface area contributed by atoms with Crippen LogP contribution in [0.15, 0.2) is 133 Å². The topological polar surface area (TPSA) is 30.7 Å². The van der Waals surface area contributed by atoms with Crippen molar-refractivity contribution in [3.05, 3.63) is 150 Å². The number of aromatic nitrogens is 3. The minimum absolute atomic E-state index is 0.0324. The largest absolute Gasteiger partial charge is 0.294 e. The van der Waals surface area contributed by atoms with Gasteiger partial charge < -0.3 is 0 Å². The Kier molecular flexibility index (Phi) is 6.01. The van der Waals surface area contributed by atoms with Crippen LogP contribution < -0.4 is 0 Å². The van der Waals surface area contributed by atoms with Crippen molar-refractivity contribution in [2.24, 2.45) is 0 Å². The molecule has 0 radical (unpaired) electrons. The molecule has 0 saturated carbocycles. The molecule has 7 aromatic rings. The number of para-hydroxylation sites is 1. The van der Waals surface area contributed by atoms with Crippen molar-refractivity contribution < 1.29 is 0 Å². The van der Waals surface area contributed by atoms with Gasteiger partial charge in [-0.1, -0.05) is 123 Å². The van der Waals surface area contributed by atoms with Gasteiger partial charge in [-0.3, -0.25) is 4.57 Å². The van der Waals surface area contributed by atoms with Crippen LogP contribution in [-0.4, -0.2) is 14.5 Å². The average molecular weight is 530 g/mol. The van der Waals surface area contributed by atoms with Gasteiger partial charge in [0.15, 0.2) is 5.82 Å². The van der Waals surface area contributed by atoms with Crippen molar-refractivity contribution in [3.8, 4) is 28.3 Å². The van der Waals surface area contributed by atoms with E-state index in [1.54, 1.807) is 0 Å². The first-order valence-electron chi connectivity index (χ1n) is 14.1. The first-order valence-corrected chi connectivity index (χ1v) is 14.1. The molecule has 8 rings (SSSR count). The summed E-state index contributed by atoms with van der Waals surface area (Å²) in [7, 11) is 0. The predicted octanol–water partition coefficient (Wildman–Crippen LogP) is 9.54. The molecule has 0 fully saturated rings. The van der Waals surface area contributed by atoms with Crippen molar-refractivity contribution in [2.75, 3.05) is 0 Å². The van der Waals surface area contributed by atoms with Crippen LogP contribution in [0, 0.1) is 6.92 Å². The van der Waals surface area contributed by atoms with Crippen molar-refractivity contribution in [1.82, 2.24) is 14.5 Å². The molecule has 1 aliphatic rings. The Bertz CT molecular complexity index is 1990. The molecule has 5 aromatic carbocycles. The molecule has 3 heteroatoms. The Morgan fingerprint density at radius 2 is 1.17 bits per heavy atom. The third kappa shape index (κ3) is 4.22. The van der Waals surface area contributed by atoms with Gasteiger partial charge in [0.1, 0.15) is 5.82 Å². The molecule has 2 aromatic heterocycles. The van der Waals surface area contributed by atoms with Crippen LogP contribution in [0.2, 0.25) is 0 Å². The van der Waals surface area contributed by atoms with E-state index >= 15 is 0 Å². The van der Waals surface area contributed by atoms with Crippen molar-refractivity contribution in [3.63, 3.8) is 0 Å². The second-order valence-corrected chi connectivity index (χ2v) is 11.1. The molecule has 0 atom stereocenters. The van der Waals surface area contributed by atoms with Gasteiger partial charge in [0, 0.05) is 33.5 Å². The lowest BCUT2D eigenvalue weighted by atomic mass is 9.82. The lowest BCUT2D eigenvalue weighted by molar-refractivity contribution is 0.661. The molecule has 0 aliphatic heterocycles. The summed E-state index contributed by atoms with van der Waals surface area (Å²) in [4.78, 5) is 9.82. The maximum Gasteiger partial charge on any atom is 0.161 e. The molecule has 3 nitrogen and oxygen atoms in total. The lowest BCUT2D eigenvalue weighted by Gasteiger charge is -2.21. The fraction of sp³-hybridized carbons (Fsp3) is 0.105. The number of benzene rings is 5. The molecular formula is C38H31N3. The Hall–Kier alpha value is -5.02. The van der Waals surface area contributed by atoms with Crippen LogP contribution in [0.3, 0.4) is 0 Å². The van der Waals surface area contributed by atoms with Crippen molar-refractivity contribution >= 4 is 21.8 Å². The maximum absolute atomic E-state index is 5.06. The van der Waals surface area contributed by atoms with Gasteiger partial charge in [-0.15, -0.1) is 0 Å². The molecule has 0 N–H and O–H groups in total.